The van der Waals surface area contributed by atoms with Crippen LogP contribution in [0, 0.1) is 0 Å². The van der Waals surface area contributed by atoms with Gasteiger partial charge in [-0.25, -0.2) is 9.48 Å². The molecule has 1 aliphatic rings. The lowest BCUT2D eigenvalue weighted by Gasteiger charge is -2.26. The molecule has 2 amide bonds. The van der Waals surface area contributed by atoms with Crippen LogP contribution in [0.25, 0.3) is 0 Å². The van der Waals surface area contributed by atoms with E-state index in [1.54, 1.807) is 0 Å². The number of nitrogens with zero attached hydrogens (tertiary/aromatic N) is 4. The second-order valence-electron chi connectivity index (χ2n) is 5.30. The van der Waals surface area contributed by atoms with E-state index in [4.69, 9.17) is 4.74 Å². The van der Waals surface area contributed by atoms with Crippen molar-refractivity contribution in [2.24, 2.45) is 0 Å². The standard InChI is InChI=1S/C15H20N6O2/c1-2-21-14(18-19-20-21)17-15(22)16-9-7-13-12-6-4-3-5-11(12)8-10-23-13/h3-6,13H,2,7-10H2,1H3,(H2,16,17,18,20,22). The third-order valence-corrected chi connectivity index (χ3v) is 3.84. The van der Waals surface area contributed by atoms with Gasteiger partial charge in [-0.05, 0) is 41.3 Å². The number of aromatic nitrogens is 4. The SMILES string of the molecule is CCn1nnnc1NC(=O)NCCC1OCCc2ccccc21. The molecule has 1 unspecified atom stereocenters. The number of amides is 2. The Morgan fingerprint density at radius 2 is 2.30 bits per heavy atom. The van der Waals surface area contributed by atoms with Crippen molar-refractivity contribution in [3.8, 4) is 0 Å². The van der Waals surface area contributed by atoms with Gasteiger partial charge >= 0.3 is 6.03 Å². The molecule has 23 heavy (non-hydrogen) atoms. The summed E-state index contributed by atoms with van der Waals surface area (Å²) in [6.07, 6.45) is 1.70. The zero-order valence-electron chi connectivity index (χ0n) is 13.0. The van der Waals surface area contributed by atoms with Gasteiger partial charge in [0.05, 0.1) is 12.7 Å². The quantitative estimate of drug-likeness (QED) is 0.872. The highest BCUT2D eigenvalue weighted by Crippen LogP contribution is 2.28. The molecule has 0 radical (unpaired) electrons. The predicted molar refractivity (Wildman–Crippen MR) is 84.0 cm³/mol. The van der Waals surface area contributed by atoms with Gasteiger partial charge in [0, 0.05) is 13.1 Å². The first-order chi connectivity index (χ1) is 11.3. The summed E-state index contributed by atoms with van der Waals surface area (Å²) in [7, 11) is 0. The lowest BCUT2D eigenvalue weighted by Crippen LogP contribution is -2.32. The van der Waals surface area contributed by atoms with Crippen LogP contribution in [0.3, 0.4) is 0 Å². The van der Waals surface area contributed by atoms with Crippen LogP contribution >= 0.6 is 0 Å². The fourth-order valence-electron chi connectivity index (χ4n) is 2.69. The van der Waals surface area contributed by atoms with Crippen molar-refractivity contribution in [2.75, 3.05) is 18.5 Å². The molecule has 3 rings (SSSR count). The Hall–Kier alpha value is -2.48. The van der Waals surface area contributed by atoms with E-state index < -0.39 is 0 Å². The maximum atomic E-state index is 11.9. The van der Waals surface area contributed by atoms with Crippen LogP contribution in [-0.4, -0.2) is 39.4 Å². The largest absolute Gasteiger partial charge is 0.373 e. The van der Waals surface area contributed by atoms with Gasteiger partial charge < -0.3 is 10.1 Å². The van der Waals surface area contributed by atoms with Gasteiger partial charge in [0.25, 0.3) is 5.95 Å². The van der Waals surface area contributed by atoms with Gasteiger partial charge in [0.2, 0.25) is 0 Å². The lowest BCUT2D eigenvalue weighted by molar-refractivity contribution is 0.0373. The van der Waals surface area contributed by atoms with Crippen LogP contribution in [0.4, 0.5) is 10.7 Å². The maximum Gasteiger partial charge on any atom is 0.321 e. The number of fused-ring (bicyclic) bond motifs is 1. The fraction of sp³-hybridized carbons (Fsp3) is 0.467. The summed E-state index contributed by atoms with van der Waals surface area (Å²) in [4.78, 5) is 11.9. The van der Waals surface area contributed by atoms with E-state index in [-0.39, 0.29) is 12.1 Å². The minimum Gasteiger partial charge on any atom is -0.373 e. The minimum absolute atomic E-state index is 0.0289. The molecule has 0 saturated carbocycles. The first-order valence-electron chi connectivity index (χ1n) is 7.78. The van der Waals surface area contributed by atoms with E-state index in [2.05, 4.69) is 38.3 Å². The molecule has 2 aromatic rings. The Morgan fingerprint density at radius 1 is 1.43 bits per heavy atom. The Kier molecular flexibility index (Phi) is 4.82. The highest BCUT2D eigenvalue weighted by Gasteiger charge is 2.20. The van der Waals surface area contributed by atoms with Gasteiger partial charge in [-0.15, -0.1) is 0 Å². The summed E-state index contributed by atoms with van der Waals surface area (Å²) in [6, 6.07) is 7.97. The molecule has 1 atom stereocenters. The molecule has 0 saturated heterocycles. The molecule has 8 heteroatoms. The lowest BCUT2D eigenvalue weighted by atomic mass is 9.96. The van der Waals surface area contributed by atoms with E-state index in [0.29, 0.717) is 19.0 Å². The maximum absolute atomic E-state index is 11.9. The van der Waals surface area contributed by atoms with Crippen molar-refractivity contribution >= 4 is 12.0 Å². The molecular formula is C15H20N6O2. The van der Waals surface area contributed by atoms with Crippen molar-refractivity contribution in [3.63, 3.8) is 0 Å². The summed E-state index contributed by atoms with van der Waals surface area (Å²) in [5.74, 6) is 0.337. The topological polar surface area (TPSA) is 94.0 Å². The number of nitrogens with one attached hydrogen (secondary N) is 2. The Morgan fingerprint density at radius 3 is 3.17 bits per heavy atom. The Labute approximate surface area is 134 Å². The summed E-state index contributed by atoms with van der Waals surface area (Å²) >= 11 is 0. The third kappa shape index (κ3) is 3.65. The number of carbonyl (C=O) groups excluding carboxylic acids is 1. The summed E-state index contributed by atoms with van der Waals surface area (Å²) in [6.45, 7) is 3.73. The van der Waals surface area contributed by atoms with Crippen LogP contribution in [-0.2, 0) is 17.7 Å². The number of hydrogen-bond acceptors (Lipinski definition) is 5. The van der Waals surface area contributed by atoms with Crippen LogP contribution in [0.1, 0.15) is 30.6 Å². The molecular weight excluding hydrogens is 296 g/mol. The summed E-state index contributed by atoms with van der Waals surface area (Å²) < 4.78 is 7.33. The van der Waals surface area contributed by atoms with Crippen molar-refractivity contribution in [3.05, 3.63) is 35.4 Å². The van der Waals surface area contributed by atoms with E-state index in [0.717, 1.165) is 19.4 Å². The normalized spacial score (nSPS) is 16.7. The van der Waals surface area contributed by atoms with Crippen LogP contribution in [0.15, 0.2) is 24.3 Å². The molecule has 2 N–H and O–H groups in total. The number of carbonyl (C=O) groups is 1. The van der Waals surface area contributed by atoms with E-state index in [1.807, 2.05) is 19.1 Å². The number of hydrogen-bond donors (Lipinski definition) is 2. The molecule has 8 nitrogen and oxygen atoms in total. The highest BCUT2D eigenvalue weighted by atomic mass is 16.5. The molecule has 1 aromatic heterocycles. The number of ether oxygens (including phenoxy) is 1. The molecule has 122 valence electrons. The average Bonchev–Trinajstić information content (AvgIpc) is 3.02. The van der Waals surface area contributed by atoms with Gasteiger partial charge in [-0.3, -0.25) is 5.32 Å². The first kappa shape index (κ1) is 15.4. The zero-order valence-corrected chi connectivity index (χ0v) is 13.0. The summed E-state index contributed by atoms with van der Waals surface area (Å²) in [5.41, 5.74) is 2.55. The van der Waals surface area contributed by atoms with E-state index >= 15 is 0 Å². The molecule has 1 aliphatic heterocycles. The summed E-state index contributed by atoms with van der Waals surface area (Å²) in [5, 5.41) is 16.5. The zero-order chi connectivity index (χ0) is 16.1. The molecule has 0 fully saturated rings. The van der Waals surface area contributed by atoms with E-state index in [1.165, 1.54) is 15.8 Å². The number of aryl methyl sites for hydroxylation is 1. The number of tetrazole rings is 1. The van der Waals surface area contributed by atoms with Gasteiger partial charge in [0.15, 0.2) is 0 Å². The van der Waals surface area contributed by atoms with Gasteiger partial charge in [-0.2, -0.15) is 0 Å². The highest BCUT2D eigenvalue weighted by molar-refractivity contribution is 5.87. The van der Waals surface area contributed by atoms with E-state index in [9.17, 15) is 4.79 Å². The monoisotopic (exact) mass is 316 g/mol. The van der Waals surface area contributed by atoms with Crippen LogP contribution in [0.5, 0.6) is 0 Å². The molecule has 0 spiro atoms. The number of urea groups is 1. The molecule has 0 aliphatic carbocycles. The van der Waals surface area contributed by atoms with Crippen LogP contribution < -0.4 is 10.6 Å². The fourth-order valence-corrected chi connectivity index (χ4v) is 2.69. The average molecular weight is 316 g/mol. The van der Waals surface area contributed by atoms with Crippen molar-refractivity contribution < 1.29 is 9.53 Å². The van der Waals surface area contributed by atoms with Crippen molar-refractivity contribution in [1.82, 2.24) is 25.5 Å². The number of anilines is 1. The van der Waals surface area contributed by atoms with Crippen molar-refractivity contribution in [1.29, 1.82) is 0 Å². The van der Waals surface area contributed by atoms with Gasteiger partial charge in [-0.1, -0.05) is 29.4 Å². The third-order valence-electron chi connectivity index (χ3n) is 3.84. The predicted octanol–water partition coefficient (Wildman–Crippen LogP) is 1.52. The van der Waals surface area contributed by atoms with Gasteiger partial charge in [0.1, 0.15) is 0 Å². The van der Waals surface area contributed by atoms with Crippen molar-refractivity contribution in [2.45, 2.75) is 32.4 Å². The molecule has 1 aromatic carbocycles. The Bertz CT molecular complexity index is 671. The molecule has 0 bridgehead atoms. The molecule has 2 heterocycles. The minimum atomic E-state index is -0.321. The second kappa shape index (κ2) is 7.19. The number of benzene rings is 1. The van der Waals surface area contributed by atoms with Crippen LogP contribution in [0.2, 0.25) is 0 Å². The second-order valence-corrected chi connectivity index (χ2v) is 5.30. The number of rotatable bonds is 5. The first-order valence-corrected chi connectivity index (χ1v) is 7.78. The Balaban J connectivity index is 1.49. The smallest absolute Gasteiger partial charge is 0.321 e.